The van der Waals surface area contributed by atoms with Crippen molar-refractivity contribution in [2.24, 2.45) is 5.92 Å². The number of hydrogen-bond acceptors (Lipinski definition) is 5. The van der Waals surface area contributed by atoms with E-state index in [2.05, 4.69) is 24.4 Å². The second kappa shape index (κ2) is 9.86. The molecule has 0 unspecified atom stereocenters. The second-order valence-corrected chi connectivity index (χ2v) is 8.36. The van der Waals surface area contributed by atoms with Crippen molar-refractivity contribution >= 4 is 12.1 Å². The van der Waals surface area contributed by atoms with Crippen molar-refractivity contribution in [3.05, 3.63) is 64.7 Å². The highest BCUT2D eigenvalue weighted by Crippen LogP contribution is 2.49. The molecule has 1 amide bonds. The number of carbonyl (C=O) groups is 2. The Bertz CT molecular complexity index is 904. The minimum Gasteiger partial charge on any atom is -0.493 e. The lowest BCUT2D eigenvalue weighted by atomic mass is 10.1. The number of amides is 1. The van der Waals surface area contributed by atoms with E-state index in [1.54, 1.807) is 0 Å². The highest BCUT2D eigenvalue weighted by Gasteiger charge is 2.56. The Hall–Kier alpha value is -3.02. The van der Waals surface area contributed by atoms with Gasteiger partial charge in [-0.2, -0.15) is 0 Å². The molecule has 0 heterocycles. The molecule has 6 nitrogen and oxygen atoms in total. The molecule has 0 bridgehead atoms. The summed E-state index contributed by atoms with van der Waals surface area (Å²) in [6, 6.07) is 13.7. The lowest BCUT2D eigenvalue weighted by molar-refractivity contribution is -0.141. The maximum Gasteiger partial charge on any atom is 0.407 e. The first-order valence-corrected chi connectivity index (χ1v) is 10.6. The van der Waals surface area contributed by atoms with Gasteiger partial charge in [-0.3, -0.25) is 4.79 Å². The Morgan fingerprint density at radius 3 is 2.42 bits per heavy atom. The first-order valence-electron chi connectivity index (χ1n) is 10.6. The van der Waals surface area contributed by atoms with E-state index in [1.165, 1.54) is 12.7 Å². The Kier molecular flexibility index (Phi) is 7.21. The molecule has 1 fully saturated rings. The average Bonchev–Trinajstić information content (AvgIpc) is 3.40. The molecule has 2 atom stereocenters. The zero-order chi connectivity index (χ0) is 22.4. The summed E-state index contributed by atoms with van der Waals surface area (Å²) >= 11 is 0. The number of esters is 1. The van der Waals surface area contributed by atoms with E-state index in [1.807, 2.05) is 44.2 Å². The maximum absolute atomic E-state index is 12.4. The van der Waals surface area contributed by atoms with E-state index < -0.39 is 11.6 Å². The summed E-state index contributed by atoms with van der Waals surface area (Å²) < 4.78 is 16.2. The molecule has 0 spiro atoms. The summed E-state index contributed by atoms with van der Waals surface area (Å²) in [6.45, 7) is 6.84. The van der Waals surface area contributed by atoms with Crippen molar-refractivity contribution in [3.8, 4) is 5.75 Å². The quantitative estimate of drug-likeness (QED) is 0.593. The lowest BCUT2D eigenvalue weighted by Crippen LogP contribution is -2.41. The van der Waals surface area contributed by atoms with Gasteiger partial charge in [0, 0.05) is 0 Å². The van der Waals surface area contributed by atoms with Crippen molar-refractivity contribution in [3.63, 3.8) is 0 Å². The van der Waals surface area contributed by atoms with Crippen LogP contribution in [0.15, 0.2) is 42.5 Å². The van der Waals surface area contributed by atoms with Crippen LogP contribution in [0.1, 0.15) is 41.5 Å². The molecule has 3 rings (SSSR count). The van der Waals surface area contributed by atoms with Crippen LogP contribution in [0.4, 0.5) is 4.79 Å². The van der Waals surface area contributed by atoms with Gasteiger partial charge < -0.3 is 19.5 Å². The van der Waals surface area contributed by atoms with Gasteiger partial charge in [0.1, 0.15) is 12.4 Å². The standard InChI is InChI=1S/C25H31NO5/c1-17-12-18(2)23(19(3)13-17)30-11-10-21-14-25(21,15-22(27)29-4)26-24(28)31-16-20-8-6-5-7-9-20/h5-9,12-13,21H,10-11,14-16H2,1-4H3,(H,26,28)/t21-,25+/m1/s1. The van der Waals surface area contributed by atoms with Gasteiger partial charge in [-0.15, -0.1) is 0 Å². The zero-order valence-corrected chi connectivity index (χ0v) is 18.7. The summed E-state index contributed by atoms with van der Waals surface area (Å²) in [5.74, 6) is 0.680. The minimum absolute atomic E-state index is 0.122. The van der Waals surface area contributed by atoms with E-state index in [0.717, 1.165) is 28.9 Å². The first-order chi connectivity index (χ1) is 14.8. The third kappa shape index (κ3) is 6.00. The van der Waals surface area contributed by atoms with Crippen molar-refractivity contribution in [1.82, 2.24) is 5.32 Å². The molecule has 6 heteroatoms. The number of benzene rings is 2. The number of carbonyl (C=O) groups excluding carboxylic acids is 2. The molecular formula is C25H31NO5. The van der Waals surface area contributed by atoms with Gasteiger partial charge in [-0.1, -0.05) is 48.0 Å². The van der Waals surface area contributed by atoms with Crippen LogP contribution in [0, 0.1) is 26.7 Å². The number of nitrogens with one attached hydrogen (secondary N) is 1. The normalized spacial score (nSPS) is 19.4. The van der Waals surface area contributed by atoms with Gasteiger partial charge in [-0.05, 0) is 56.2 Å². The Labute approximate surface area is 183 Å². The van der Waals surface area contributed by atoms with Crippen LogP contribution < -0.4 is 10.1 Å². The number of methoxy groups -OCH3 is 1. The largest absolute Gasteiger partial charge is 0.493 e. The predicted molar refractivity (Wildman–Crippen MR) is 118 cm³/mol. The molecule has 0 aliphatic heterocycles. The smallest absolute Gasteiger partial charge is 0.407 e. The third-order valence-electron chi connectivity index (χ3n) is 5.80. The molecule has 166 valence electrons. The van der Waals surface area contributed by atoms with Gasteiger partial charge in [0.05, 0.1) is 25.7 Å². The van der Waals surface area contributed by atoms with E-state index in [9.17, 15) is 9.59 Å². The first kappa shape index (κ1) is 22.7. The van der Waals surface area contributed by atoms with E-state index in [-0.39, 0.29) is 24.9 Å². The molecular weight excluding hydrogens is 394 g/mol. The summed E-state index contributed by atoms with van der Waals surface area (Å²) in [7, 11) is 1.35. The van der Waals surface area contributed by atoms with Crippen LogP contribution >= 0.6 is 0 Å². The molecule has 1 aliphatic rings. The highest BCUT2D eigenvalue weighted by molar-refractivity contribution is 5.75. The average molecular weight is 426 g/mol. The lowest BCUT2D eigenvalue weighted by Gasteiger charge is -2.19. The van der Waals surface area contributed by atoms with Gasteiger partial charge in [0.2, 0.25) is 0 Å². The van der Waals surface area contributed by atoms with Gasteiger partial charge in [-0.25, -0.2) is 4.79 Å². The number of alkyl carbamates (subject to hydrolysis) is 1. The SMILES string of the molecule is COC(=O)C[C@@]1(NC(=O)OCc2ccccc2)C[C@H]1CCOc1c(C)cc(C)cc1C. The second-order valence-electron chi connectivity index (χ2n) is 8.36. The fourth-order valence-corrected chi connectivity index (χ4v) is 4.16. The van der Waals surface area contributed by atoms with E-state index >= 15 is 0 Å². The van der Waals surface area contributed by atoms with Crippen LogP contribution in [0.3, 0.4) is 0 Å². The van der Waals surface area contributed by atoms with Crippen LogP contribution in [-0.2, 0) is 20.9 Å². The van der Waals surface area contributed by atoms with Crippen molar-refractivity contribution in [2.75, 3.05) is 13.7 Å². The fraction of sp³-hybridized carbons (Fsp3) is 0.440. The summed E-state index contributed by atoms with van der Waals surface area (Å²) in [5, 5.41) is 2.91. The summed E-state index contributed by atoms with van der Waals surface area (Å²) in [6.07, 6.45) is 1.01. The zero-order valence-electron chi connectivity index (χ0n) is 18.7. The monoisotopic (exact) mass is 425 g/mol. The number of aryl methyl sites for hydroxylation is 3. The molecule has 0 saturated heterocycles. The summed E-state index contributed by atoms with van der Waals surface area (Å²) in [4.78, 5) is 24.3. The maximum atomic E-state index is 12.4. The summed E-state index contributed by atoms with van der Waals surface area (Å²) in [5.41, 5.74) is 3.69. The molecule has 31 heavy (non-hydrogen) atoms. The van der Waals surface area contributed by atoms with Gasteiger partial charge >= 0.3 is 12.1 Å². The third-order valence-corrected chi connectivity index (χ3v) is 5.80. The van der Waals surface area contributed by atoms with Crippen LogP contribution in [0.25, 0.3) is 0 Å². The molecule has 2 aromatic carbocycles. The number of rotatable bonds is 9. The molecule has 1 aliphatic carbocycles. The molecule has 1 saturated carbocycles. The van der Waals surface area contributed by atoms with Crippen molar-refractivity contribution < 1.29 is 23.8 Å². The molecule has 1 N–H and O–H groups in total. The Morgan fingerprint density at radius 1 is 1.10 bits per heavy atom. The topological polar surface area (TPSA) is 73.9 Å². The number of hydrogen-bond donors (Lipinski definition) is 1. The molecule has 2 aromatic rings. The fourth-order valence-electron chi connectivity index (χ4n) is 4.16. The van der Waals surface area contributed by atoms with Gasteiger partial charge in [0.25, 0.3) is 0 Å². The number of ether oxygens (including phenoxy) is 3. The molecule has 0 radical (unpaired) electrons. The van der Waals surface area contributed by atoms with Crippen LogP contribution in [0.2, 0.25) is 0 Å². The minimum atomic E-state index is -0.637. The van der Waals surface area contributed by atoms with Crippen LogP contribution in [0.5, 0.6) is 5.75 Å². The van der Waals surface area contributed by atoms with Crippen molar-refractivity contribution in [1.29, 1.82) is 0 Å². The van der Waals surface area contributed by atoms with Gasteiger partial charge in [0.15, 0.2) is 0 Å². The van der Waals surface area contributed by atoms with Crippen LogP contribution in [-0.4, -0.2) is 31.3 Å². The Balaban J connectivity index is 1.55. The van der Waals surface area contributed by atoms with Crippen molar-refractivity contribution in [2.45, 2.75) is 52.2 Å². The molecule has 0 aromatic heterocycles. The predicted octanol–water partition coefficient (Wildman–Crippen LogP) is 4.63. The Morgan fingerprint density at radius 2 is 1.77 bits per heavy atom. The van der Waals surface area contributed by atoms with E-state index in [0.29, 0.717) is 13.0 Å². The highest BCUT2D eigenvalue weighted by atomic mass is 16.5. The van der Waals surface area contributed by atoms with E-state index in [4.69, 9.17) is 14.2 Å².